The third-order valence-electron chi connectivity index (χ3n) is 8.23. The Morgan fingerprint density at radius 1 is 0.929 bits per heavy atom. The predicted octanol–water partition coefficient (Wildman–Crippen LogP) is 5.60. The van der Waals surface area contributed by atoms with Crippen LogP contribution in [0, 0.1) is 0 Å². The Morgan fingerprint density at radius 2 is 1.57 bits per heavy atom. The molecule has 42 heavy (non-hydrogen) atoms. The lowest BCUT2D eigenvalue weighted by molar-refractivity contribution is -0.141. The molecule has 1 fully saturated rings. The molecule has 1 unspecified atom stereocenters. The van der Waals surface area contributed by atoms with Gasteiger partial charge in [-0.05, 0) is 42.7 Å². The van der Waals surface area contributed by atoms with Crippen molar-refractivity contribution in [3.8, 4) is 0 Å². The number of nitrogens with zero attached hydrogens (tertiary/aromatic N) is 4. The molecule has 7 nitrogen and oxygen atoms in total. The zero-order valence-corrected chi connectivity index (χ0v) is 25.2. The summed E-state index contributed by atoms with van der Waals surface area (Å²) in [5.74, 6) is -1.34. The van der Waals surface area contributed by atoms with Crippen LogP contribution in [0.2, 0.25) is 0 Å². The topological polar surface area (TPSA) is 77.0 Å². The lowest BCUT2D eigenvalue weighted by atomic mass is 9.98. The number of hydrogen-bond acceptors (Lipinski definition) is 6. The molecule has 1 aliphatic heterocycles. The predicted molar refractivity (Wildman–Crippen MR) is 167 cm³/mol. The number of carboxylic acids is 1. The fourth-order valence-electron chi connectivity index (χ4n) is 5.85. The number of hydrogen-bond donors (Lipinski definition) is 1. The molecular formula is C34H38N4O3S. The molecular weight excluding hydrogens is 544 g/mol. The van der Waals surface area contributed by atoms with E-state index in [1.165, 1.54) is 10.5 Å². The summed E-state index contributed by atoms with van der Waals surface area (Å²) in [6, 6.07) is 27.3. The van der Waals surface area contributed by atoms with E-state index in [9.17, 15) is 14.7 Å². The molecule has 8 heteroatoms. The number of carbonyl (C=O) groups is 2. The van der Waals surface area contributed by atoms with Gasteiger partial charge in [-0.2, -0.15) is 0 Å². The highest BCUT2D eigenvalue weighted by molar-refractivity contribution is 7.09. The third-order valence-corrected chi connectivity index (χ3v) is 9.05. The largest absolute Gasteiger partial charge is 0.480 e. The zero-order valence-electron chi connectivity index (χ0n) is 24.3. The van der Waals surface area contributed by atoms with Gasteiger partial charge in [0.05, 0.1) is 6.04 Å². The molecule has 0 saturated carbocycles. The van der Waals surface area contributed by atoms with Crippen molar-refractivity contribution in [3.05, 3.63) is 124 Å². The molecule has 5 rings (SSSR count). The van der Waals surface area contributed by atoms with E-state index in [0.717, 1.165) is 35.8 Å². The van der Waals surface area contributed by atoms with E-state index in [2.05, 4.69) is 54.0 Å². The molecule has 1 amide bonds. The summed E-state index contributed by atoms with van der Waals surface area (Å²) < 4.78 is 0. The van der Waals surface area contributed by atoms with Crippen LogP contribution in [0.3, 0.4) is 0 Å². The smallest absolute Gasteiger partial charge is 0.326 e. The van der Waals surface area contributed by atoms with Crippen molar-refractivity contribution in [1.82, 2.24) is 19.7 Å². The molecule has 1 N–H and O–H groups in total. The number of likely N-dealkylation sites (N-methyl/N-ethyl adjacent to an activating group) is 1. The van der Waals surface area contributed by atoms with Crippen LogP contribution in [0.5, 0.6) is 0 Å². The van der Waals surface area contributed by atoms with Crippen molar-refractivity contribution in [3.63, 3.8) is 0 Å². The Balaban J connectivity index is 1.34. The molecule has 0 spiro atoms. The Labute approximate surface area is 252 Å². The summed E-state index contributed by atoms with van der Waals surface area (Å²) in [7, 11) is 1.56. The highest BCUT2D eigenvalue weighted by Gasteiger charge is 2.36. The molecule has 1 aromatic heterocycles. The normalized spacial score (nSPS) is 19.2. The highest BCUT2D eigenvalue weighted by atomic mass is 32.1. The maximum Gasteiger partial charge on any atom is 0.326 e. The standard InChI is InChI=1S/C34H38N4O3S/c1-24-22-38(25(2)21-37(24)23-27-12-8-5-9-13-27)31(32-35-18-19-42-32)28-14-16-29(17-15-28)33(39)36(3)30(34(40)41)20-26-10-6-4-7-11-26/h4-19,24-25,30-31H,20-23H2,1-3H3,(H,40,41)/t24-,25+,30-,31?/m0/s1. The van der Waals surface area contributed by atoms with Crippen LogP contribution in [0.4, 0.5) is 0 Å². The SMILES string of the molecule is C[C@@H]1CN(Cc2ccccc2)[C@@H](C)CN1C(c1ccc(C(=O)N(C)[C@@H](Cc2ccccc2)C(=O)O)cc1)c1nccs1. The van der Waals surface area contributed by atoms with Gasteiger partial charge < -0.3 is 10.0 Å². The molecule has 3 aromatic carbocycles. The van der Waals surface area contributed by atoms with Crippen LogP contribution in [0.15, 0.2) is 96.5 Å². The molecule has 1 aliphatic rings. The second kappa shape index (κ2) is 13.4. The van der Waals surface area contributed by atoms with Gasteiger partial charge in [0.2, 0.25) is 0 Å². The first-order valence-corrected chi connectivity index (χ1v) is 15.3. The van der Waals surface area contributed by atoms with E-state index in [-0.39, 0.29) is 18.4 Å². The van der Waals surface area contributed by atoms with Gasteiger partial charge >= 0.3 is 5.97 Å². The van der Waals surface area contributed by atoms with Crippen molar-refractivity contribution in [2.24, 2.45) is 0 Å². The van der Waals surface area contributed by atoms with Gasteiger partial charge in [0.15, 0.2) is 0 Å². The molecule has 218 valence electrons. The van der Waals surface area contributed by atoms with Crippen molar-refractivity contribution >= 4 is 23.2 Å². The van der Waals surface area contributed by atoms with Crippen LogP contribution in [0.25, 0.3) is 0 Å². The minimum Gasteiger partial charge on any atom is -0.480 e. The first-order chi connectivity index (χ1) is 20.3. The van der Waals surface area contributed by atoms with Crippen LogP contribution < -0.4 is 0 Å². The number of benzene rings is 3. The summed E-state index contributed by atoms with van der Waals surface area (Å²) in [6.07, 6.45) is 2.09. The zero-order chi connectivity index (χ0) is 29.6. The van der Waals surface area contributed by atoms with Crippen LogP contribution in [-0.2, 0) is 17.8 Å². The molecule has 2 heterocycles. The monoisotopic (exact) mass is 582 g/mol. The minimum atomic E-state index is -1.02. The number of amides is 1. The summed E-state index contributed by atoms with van der Waals surface area (Å²) >= 11 is 1.64. The fourth-order valence-corrected chi connectivity index (χ4v) is 6.63. The fraction of sp³-hybridized carbons (Fsp3) is 0.324. The summed E-state index contributed by atoms with van der Waals surface area (Å²) in [5.41, 5.74) is 3.73. The summed E-state index contributed by atoms with van der Waals surface area (Å²) in [6.45, 7) is 7.32. The minimum absolute atomic E-state index is 0.0342. The average molecular weight is 583 g/mol. The molecule has 4 aromatic rings. The lowest BCUT2D eigenvalue weighted by Gasteiger charge is -2.47. The van der Waals surface area contributed by atoms with Gasteiger partial charge in [-0.25, -0.2) is 9.78 Å². The summed E-state index contributed by atoms with van der Waals surface area (Å²) in [4.78, 5) is 36.6. The molecule has 0 radical (unpaired) electrons. The average Bonchev–Trinajstić information content (AvgIpc) is 3.53. The number of aromatic nitrogens is 1. The molecule has 0 aliphatic carbocycles. The van der Waals surface area contributed by atoms with Gasteiger partial charge in [0.1, 0.15) is 11.0 Å². The van der Waals surface area contributed by atoms with E-state index in [0.29, 0.717) is 17.6 Å². The third kappa shape index (κ3) is 6.78. The quantitative estimate of drug-likeness (QED) is 0.263. The van der Waals surface area contributed by atoms with E-state index in [4.69, 9.17) is 4.98 Å². The van der Waals surface area contributed by atoms with Crippen LogP contribution in [0.1, 0.15) is 51.9 Å². The van der Waals surface area contributed by atoms with Crippen molar-refractivity contribution in [1.29, 1.82) is 0 Å². The molecule has 4 atom stereocenters. The Bertz CT molecular complexity index is 1450. The highest BCUT2D eigenvalue weighted by Crippen LogP contribution is 2.35. The maximum atomic E-state index is 13.4. The second-order valence-corrected chi connectivity index (χ2v) is 12.1. The van der Waals surface area contributed by atoms with Crippen molar-refractivity contribution < 1.29 is 14.7 Å². The number of carboxylic acid groups (broad SMARTS) is 1. The van der Waals surface area contributed by atoms with E-state index in [1.807, 2.05) is 66.2 Å². The summed E-state index contributed by atoms with van der Waals surface area (Å²) in [5, 5.41) is 12.9. The van der Waals surface area contributed by atoms with Gasteiger partial charge in [0.25, 0.3) is 5.91 Å². The number of carbonyl (C=O) groups excluding carboxylic acids is 1. The first kappa shape index (κ1) is 29.6. The maximum absolute atomic E-state index is 13.4. The van der Waals surface area contributed by atoms with Crippen molar-refractivity contribution in [2.75, 3.05) is 20.1 Å². The van der Waals surface area contributed by atoms with E-state index in [1.54, 1.807) is 18.4 Å². The number of piperazine rings is 1. The van der Waals surface area contributed by atoms with Gasteiger partial charge in [-0.1, -0.05) is 72.8 Å². The number of thiazole rings is 1. The van der Waals surface area contributed by atoms with Gasteiger partial charge in [-0.15, -0.1) is 11.3 Å². The van der Waals surface area contributed by atoms with E-state index >= 15 is 0 Å². The van der Waals surface area contributed by atoms with Crippen molar-refractivity contribution in [2.45, 2.75) is 51.0 Å². The van der Waals surface area contributed by atoms with Gasteiger partial charge in [0, 0.05) is 62.3 Å². The molecule has 1 saturated heterocycles. The Morgan fingerprint density at radius 3 is 2.17 bits per heavy atom. The second-order valence-electron chi connectivity index (χ2n) is 11.2. The first-order valence-electron chi connectivity index (χ1n) is 14.4. The Hall–Kier alpha value is -3.85. The lowest BCUT2D eigenvalue weighted by Crippen LogP contribution is -2.56. The Kier molecular flexibility index (Phi) is 9.47. The van der Waals surface area contributed by atoms with Crippen LogP contribution in [-0.4, -0.2) is 74.9 Å². The number of aliphatic carboxylic acids is 1. The number of rotatable bonds is 10. The van der Waals surface area contributed by atoms with Gasteiger partial charge in [-0.3, -0.25) is 14.6 Å². The molecule has 0 bridgehead atoms. The van der Waals surface area contributed by atoms with E-state index < -0.39 is 12.0 Å². The van der Waals surface area contributed by atoms with Crippen LogP contribution >= 0.6 is 11.3 Å².